The van der Waals surface area contributed by atoms with Crippen LogP contribution in [0.2, 0.25) is 5.02 Å². The van der Waals surface area contributed by atoms with Gasteiger partial charge in [0.05, 0.1) is 6.54 Å². The molecule has 3 amide bonds. The van der Waals surface area contributed by atoms with Crippen molar-refractivity contribution in [2.75, 3.05) is 24.5 Å². The Balaban J connectivity index is 2.80. The molecule has 114 valence electrons. The molecule has 0 atom stereocenters. The summed E-state index contributed by atoms with van der Waals surface area (Å²) in [7, 11) is 0. The highest BCUT2D eigenvalue weighted by atomic mass is 35.5. The monoisotopic (exact) mass is 313 g/mol. The van der Waals surface area contributed by atoms with E-state index in [4.69, 9.17) is 16.7 Å². The fraction of sp³-hybridized carbons (Fsp3) is 0.308. The minimum atomic E-state index is -1.18. The summed E-state index contributed by atoms with van der Waals surface area (Å²) in [6.45, 7) is 1.43. The number of nitrogens with zero attached hydrogens (tertiary/aromatic N) is 1. The van der Waals surface area contributed by atoms with Gasteiger partial charge in [-0.1, -0.05) is 17.7 Å². The lowest BCUT2D eigenvalue weighted by Gasteiger charge is -2.21. The molecular weight excluding hydrogens is 298 g/mol. The molecule has 0 bridgehead atoms. The summed E-state index contributed by atoms with van der Waals surface area (Å²) in [6.07, 6.45) is 0. The average molecular weight is 314 g/mol. The fourth-order valence-corrected chi connectivity index (χ4v) is 1.76. The minimum absolute atomic E-state index is 0.233. The molecule has 0 fully saturated rings. The van der Waals surface area contributed by atoms with Crippen LogP contribution < -0.4 is 15.5 Å². The van der Waals surface area contributed by atoms with Crippen molar-refractivity contribution in [1.29, 1.82) is 0 Å². The highest BCUT2D eigenvalue weighted by Crippen LogP contribution is 2.19. The number of carboxylic acid groups (broad SMARTS) is 1. The van der Waals surface area contributed by atoms with E-state index in [1.54, 1.807) is 25.1 Å². The normalized spacial score (nSPS) is 9.81. The molecule has 0 radical (unpaired) electrons. The number of carbonyl (C=O) groups excluding carboxylic acids is 2. The first kappa shape index (κ1) is 16.8. The van der Waals surface area contributed by atoms with Gasteiger partial charge in [-0.15, -0.1) is 0 Å². The molecule has 0 saturated heterocycles. The second kappa shape index (κ2) is 8.11. The summed E-state index contributed by atoms with van der Waals surface area (Å²) >= 11 is 5.83. The van der Waals surface area contributed by atoms with Crippen molar-refractivity contribution in [2.24, 2.45) is 0 Å². The van der Waals surface area contributed by atoms with Crippen LogP contribution in [0.15, 0.2) is 24.3 Å². The van der Waals surface area contributed by atoms with Crippen molar-refractivity contribution >= 4 is 35.2 Å². The Morgan fingerprint density at radius 2 is 2.00 bits per heavy atom. The SMILES string of the molecule is CCNC(=O)CNC(=O)N(CC(=O)O)c1cccc(Cl)c1. The quantitative estimate of drug-likeness (QED) is 0.731. The molecule has 21 heavy (non-hydrogen) atoms. The number of hydrogen-bond acceptors (Lipinski definition) is 3. The number of anilines is 1. The van der Waals surface area contributed by atoms with Crippen molar-refractivity contribution in [3.8, 4) is 0 Å². The zero-order valence-electron chi connectivity index (χ0n) is 11.4. The van der Waals surface area contributed by atoms with Crippen LogP contribution in [-0.4, -0.2) is 42.6 Å². The number of aliphatic carboxylic acids is 1. The Hall–Kier alpha value is -2.28. The van der Waals surface area contributed by atoms with Crippen LogP contribution in [0.25, 0.3) is 0 Å². The molecule has 0 saturated carbocycles. The Morgan fingerprint density at radius 1 is 1.29 bits per heavy atom. The van der Waals surface area contributed by atoms with Crippen LogP contribution >= 0.6 is 11.6 Å². The van der Waals surface area contributed by atoms with E-state index in [-0.39, 0.29) is 12.5 Å². The molecule has 0 heterocycles. The van der Waals surface area contributed by atoms with Crippen LogP contribution in [0, 0.1) is 0 Å². The number of amides is 3. The molecule has 0 aliphatic heterocycles. The maximum absolute atomic E-state index is 12.0. The van der Waals surface area contributed by atoms with Gasteiger partial charge in [0.15, 0.2) is 0 Å². The molecule has 3 N–H and O–H groups in total. The van der Waals surface area contributed by atoms with E-state index in [0.717, 1.165) is 4.90 Å². The first-order chi connectivity index (χ1) is 9.93. The predicted molar refractivity (Wildman–Crippen MR) is 78.5 cm³/mol. The van der Waals surface area contributed by atoms with Crippen LogP contribution in [-0.2, 0) is 9.59 Å². The topological polar surface area (TPSA) is 98.7 Å². The number of nitrogens with one attached hydrogen (secondary N) is 2. The highest BCUT2D eigenvalue weighted by molar-refractivity contribution is 6.30. The lowest BCUT2D eigenvalue weighted by molar-refractivity contribution is -0.135. The summed E-state index contributed by atoms with van der Waals surface area (Å²) in [5.41, 5.74) is 0.332. The van der Waals surface area contributed by atoms with Gasteiger partial charge in [0.2, 0.25) is 5.91 Å². The Bertz CT molecular complexity index is 536. The van der Waals surface area contributed by atoms with Crippen molar-refractivity contribution in [3.63, 3.8) is 0 Å². The Morgan fingerprint density at radius 3 is 2.57 bits per heavy atom. The summed E-state index contributed by atoms with van der Waals surface area (Å²) in [5, 5.41) is 14.1. The molecule has 0 aliphatic carbocycles. The lowest BCUT2D eigenvalue weighted by atomic mass is 10.3. The van der Waals surface area contributed by atoms with Gasteiger partial charge in [-0.2, -0.15) is 0 Å². The van der Waals surface area contributed by atoms with Crippen LogP contribution in [0.3, 0.4) is 0 Å². The summed E-state index contributed by atoms with van der Waals surface area (Å²) in [4.78, 5) is 35.2. The van der Waals surface area contributed by atoms with Gasteiger partial charge in [-0.25, -0.2) is 4.79 Å². The zero-order valence-corrected chi connectivity index (χ0v) is 12.2. The summed E-state index contributed by atoms with van der Waals surface area (Å²) < 4.78 is 0. The predicted octanol–water partition coefficient (Wildman–Crippen LogP) is 1.08. The number of halogens is 1. The second-order valence-corrected chi connectivity index (χ2v) is 4.51. The summed E-state index contributed by atoms with van der Waals surface area (Å²) in [6, 6.07) is 5.54. The number of carboxylic acids is 1. The number of rotatable bonds is 6. The molecular formula is C13H16ClN3O4. The van der Waals surface area contributed by atoms with Crippen molar-refractivity contribution in [2.45, 2.75) is 6.92 Å². The third kappa shape index (κ3) is 5.70. The van der Waals surface area contributed by atoms with Crippen LogP contribution in [0.5, 0.6) is 0 Å². The number of carbonyl (C=O) groups is 3. The van der Waals surface area contributed by atoms with Gasteiger partial charge < -0.3 is 15.7 Å². The summed E-state index contributed by atoms with van der Waals surface area (Å²) in [5.74, 6) is -1.53. The van der Waals surface area contributed by atoms with E-state index in [0.29, 0.717) is 17.3 Å². The standard InChI is InChI=1S/C13H16ClN3O4/c1-2-15-11(18)7-16-13(21)17(8-12(19)20)10-5-3-4-9(14)6-10/h3-6H,2,7-8H2,1H3,(H,15,18)(H,16,21)(H,19,20). The molecule has 1 aromatic carbocycles. The molecule has 0 aliphatic rings. The first-order valence-corrected chi connectivity index (χ1v) is 6.61. The maximum Gasteiger partial charge on any atom is 0.323 e. The van der Waals surface area contributed by atoms with Gasteiger partial charge >= 0.3 is 12.0 Å². The molecule has 0 spiro atoms. The number of benzene rings is 1. The Kier molecular flexibility index (Phi) is 6.48. The lowest BCUT2D eigenvalue weighted by Crippen LogP contribution is -2.46. The minimum Gasteiger partial charge on any atom is -0.480 e. The van der Waals surface area contributed by atoms with E-state index >= 15 is 0 Å². The molecule has 1 aromatic rings. The van der Waals surface area contributed by atoms with Crippen LogP contribution in [0.4, 0.5) is 10.5 Å². The molecule has 7 nitrogen and oxygen atoms in total. The van der Waals surface area contributed by atoms with Crippen molar-refractivity contribution in [3.05, 3.63) is 29.3 Å². The number of hydrogen-bond donors (Lipinski definition) is 3. The smallest absolute Gasteiger partial charge is 0.323 e. The molecule has 0 aromatic heterocycles. The fourth-order valence-electron chi connectivity index (χ4n) is 1.57. The second-order valence-electron chi connectivity index (χ2n) is 4.07. The highest BCUT2D eigenvalue weighted by Gasteiger charge is 2.19. The van der Waals surface area contributed by atoms with E-state index in [2.05, 4.69) is 10.6 Å². The largest absolute Gasteiger partial charge is 0.480 e. The van der Waals surface area contributed by atoms with Crippen molar-refractivity contribution in [1.82, 2.24) is 10.6 Å². The maximum atomic E-state index is 12.0. The number of urea groups is 1. The third-order valence-corrected chi connectivity index (χ3v) is 2.67. The van der Waals surface area contributed by atoms with Gasteiger partial charge in [0.25, 0.3) is 0 Å². The number of likely N-dealkylation sites (N-methyl/N-ethyl adjacent to an activating group) is 1. The van der Waals surface area contributed by atoms with Crippen LogP contribution in [0.1, 0.15) is 6.92 Å². The first-order valence-electron chi connectivity index (χ1n) is 6.23. The van der Waals surface area contributed by atoms with Gasteiger partial charge in [0, 0.05) is 17.3 Å². The third-order valence-electron chi connectivity index (χ3n) is 2.43. The Labute approximate surface area is 126 Å². The van der Waals surface area contributed by atoms with E-state index < -0.39 is 18.5 Å². The van der Waals surface area contributed by atoms with Crippen molar-refractivity contribution < 1.29 is 19.5 Å². The zero-order chi connectivity index (χ0) is 15.8. The molecule has 1 rings (SSSR count). The van der Waals surface area contributed by atoms with E-state index in [1.165, 1.54) is 6.07 Å². The molecule has 0 unspecified atom stereocenters. The average Bonchev–Trinajstić information content (AvgIpc) is 2.42. The molecule has 8 heteroatoms. The van der Waals surface area contributed by atoms with E-state index in [9.17, 15) is 14.4 Å². The van der Waals surface area contributed by atoms with Gasteiger partial charge in [-0.05, 0) is 25.1 Å². The van der Waals surface area contributed by atoms with Gasteiger partial charge in [0.1, 0.15) is 6.54 Å². The van der Waals surface area contributed by atoms with E-state index in [1.807, 2.05) is 0 Å². The van der Waals surface area contributed by atoms with Gasteiger partial charge in [-0.3, -0.25) is 14.5 Å².